The molecule has 1 aromatic carbocycles. The number of nitrogen functional groups attached to an aromatic ring is 1. The first-order valence-electron chi connectivity index (χ1n) is 4.04. The van der Waals surface area contributed by atoms with E-state index < -0.39 is 0 Å². The minimum Gasteiger partial charge on any atom is -0.507 e. The van der Waals surface area contributed by atoms with Gasteiger partial charge in [-0.15, -0.1) is 0 Å². The number of ketones is 1. The van der Waals surface area contributed by atoms with Gasteiger partial charge < -0.3 is 10.8 Å². The summed E-state index contributed by atoms with van der Waals surface area (Å²) in [5.41, 5.74) is 7.78. The molecule has 0 aliphatic carbocycles. The van der Waals surface area contributed by atoms with E-state index in [0.29, 0.717) is 22.4 Å². The SMILES string of the molecule is CC(=O)c1cc(N)c(C)c(O)c1C. The van der Waals surface area contributed by atoms with Crippen LogP contribution in [0.2, 0.25) is 0 Å². The maximum Gasteiger partial charge on any atom is 0.160 e. The number of hydrogen-bond acceptors (Lipinski definition) is 3. The smallest absolute Gasteiger partial charge is 0.160 e. The summed E-state index contributed by atoms with van der Waals surface area (Å²) in [7, 11) is 0. The fraction of sp³-hybridized carbons (Fsp3) is 0.300. The Bertz CT molecular complexity index is 370. The van der Waals surface area contributed by atoms with Crippen molar-refractivity contribution < 1.29 is 9.90 Å². The van der Waals surface area contributed by atoms with Gasteiger partial charge in [0.2, 0.25) is 0 Å². The van der Waals surface area contributed by atoms with E-state index in [9.17, 15) is 9.90 Å². The van der Waals surface area contributed by atoms with Gasteiger partial charge in [-0.1, -0.05) is 0 Å². The van der Waals surface area contributed by atoms with Crippen LogP contribution in [0.4, 0.5) is 5.69 Å². The molecule has 0 unspecified atom stereocenters. The summed E-state index contributed by atoms with van der Waals surface area (Å²) in [6, 6.07) is 1.60. The lowest BCUT2D eigenvalue weighted by Crippen LogP contribution is -2.01. The van der Waals surface area contributed by atoms with Crippen LogP contribution in [-0.4, -0.2) is 10.9 Å². The molecule has 1 rings (SSSR count). The van der Waals surface area contributed by atoms with Gasteiger partial charge in [0.25, 0.3) is 0 Å². The second kappa shape index (κ2) is 3.09. The topological polar surface area (TPSA) is 63.3 Å². The molecule has 3 heteroatoms. The van der Waals surface area contributed by atoms with E-state index in [2.05, 4.69) is 0 Å². The Morgan fingerprint density at radius 3 is 2.38 bits per heavy atom. The van der Waals surface area contributed by atoms with Gasteiger partial charge in [-0.25, -0.2) is 0 Å². The van der Waals surface area contributed by atoms with Gasteiger partial charge in [0.05, 0.1) is 0 Å². The molecule has 0 fully saturated rings. The molecular formula is C10H13NO2. The van der Waals surface area contributed by atoms with E-state index in [1.165, 1.54) is 6.92 Å². The number of Topliss-reactive ketones (excluding diaryl/α,β-unsaturated/α-hetero) is 1. The number of phenolic OH excluding ortho intramolecular Hbond substituents is 1. The molecule has 0 spiro atoms. The highest BCUT2D eigenvalue weighted by Crippen LogP contribution is 2.29. The molecule has 0 aliphatic heterocycles. The average Bonchev–Trinajstić information content (AvgIpc) is 2.07. The number of benzene rings is 1. The number of nitrogens with two attached hydrogens (primary N) is 1. The Kier molecular flexibility index (Phi) is 2.28. The summed E-state index contributed by atoms with van der Waals surface area (Å²) in [6.45, 7) is 4.89. The van der Waals surface area contributed by atoms with Gasteiger partial charge in [-0.05, 0) is 26.8 Å². The largest absolute Gasteiger partial charge is 0.507 e. The zero-order valence-electron chi connectivity index (χ0n) is 8.01. The Morgan fingerprint density at radius 2 is 1.92 bits per heavy atom. The molecule has 0 saturated heterocycles. The zero-order chi connectivity index (χ0) is 10.2. The highest BCUT2D eigenvalue weighted by atomic mass is 16.3. The number of aromatic hydroxyl groups is 1. The Morgan fingerprint density at radius 1 is 1.38 bits per heavy atom. The van der Waals surface area contributed by atoms with Crippen molar-refractivity contribution >= 4 is 11.5 Å². The van der Waals surface area contributed by atoms with Crippen LogP contribution in [-0.2, 0) is 0 Å². The van der Waals surface area contributed by atoms with E-state index in [4.69, 9.17) is 5.73 Å². The highest BCUT2D eigenvalue weighted by Gasteiger charge is 2.12. The van der Waals surface area contributed by atoms with Crippen LogP contribution in [0.5, 0.6) is 5.75 Å². The zero-order valence-corrected chi connectivity index (χ0v) is 8.01. The summed E-state index contributed by atoms with van der Waals surface area (Å²) in [5.74, 6) is 0.0321. The maximum absolute atomic E-state index is 11.1. The third-order valence-electron chi connectivity index (χ3n) is 2.23. The van der Waals surface area contributed by atoms with Crippen molar-refractivity contribution in [2.24, 2.45) is 0 Å². The molecule has 13 heavy (non-hydrogen) atoms. The number of carbonyl (C=O) groups is 1. The van der Waals surface area contributed by atoms with Crippen LogP contribution < -0.4 is 5.73 Å². The van der Waals surface area contributed by atoms with E-state index >= 15 is 0 Å². The van der Waals surface area contributed by atoms with Gasteiger partial charge in [0.15, 0.2) is 5.78 Å². The second-order valence-electron chi connectivity index (χ2n) is 3.17. The third kappa shape index (κ3) is 1.49. The van der Waals surface area contributed by atoms with Crippen LogP contribution in [0.15, 0.2) is 6.07 Å². The number of rotatable bonds is 1. The molecule has 70 valence electrons. The predicted molar refractivity (Wildman–Crippen MR) is 52.0 cm³/mol. The monoisotopic (exact) mass is 179 g/mol. The van der Waals surface area contributed by atoms with Gasteiger partial charge in [-0.2, -0.15) is 0 Å². The Hall–Kier alpha value is -1.51. The minimum atomic E-state index is -0.0838. The first-order valence-corrected chi connectivity index (χ1v) is 4.04. The van der Waals surface area contributed by atoms with Crippen LogP contribution in [0, 0.1) is 13.8 Å². The number of phenols is 1. The standard InChI is InChI=1S/C10H13NO2/c1-5-8(7(3)12)4-9(11)6(2)10(5)13/h4,13H,11H2,1-3H3. The number of hydrogen-bond donors (Lipinski definition) is 2. The van der Waals surface area contributed by atoms with Crippen molar-refractivity contribution in [3.05, 3.63) is 22.8 Å². The van der Waals surface area contributed by atoms with Gasteiger partial charge >= 0.3 is 0 Å². The third-order valence-corrected chi connectivity index (χ3v) is 2.23. The molecule has 0 aliphatic rings. The van der Waals surface area contributed by atoms with E-state index in [1.54, 1.807) is 19.9 Å². The second-order valence-corrected chi connectivity index (χ2v) is 3.17. The lowest BCUT2D eigenvalue weighted by Gasteiger charge is -2.09. The molecule has 1 aromatic rings. The lowest BCUT2D eigenvalue weighted by atomic mass is 10.00. The normalized spacial score (nSPS) is 10.1. The average molecular weight is 179 g/mol. The van der Waals surface area contributed by atoms with Crippen LogP contribution in [0.1, 0.15) is 28.4 Å². The van der Waals surface area contributed by atoms with Crippen molar-refractivity contribution in [1.82, 2.24) is 0 Å². The molecule has 3 nitrogen and oxygen atoms in total. The van der Waals surface area contributed by atoms with Crippen molar-refractivity contribution in [2.75, 3.05) is 5.73 Å². The van der Waals surface area contributed by atoms with E-state index in [0.717, 1.165) is 0 Å². The van der Waals surface area contributed by atoms with E-state index in [1.807, 2.05) is 0 Å². The van der Waals surface area contributed by atoms with Crippen molar-refractivity contribution in [3.63, 3.8) is 0 Å². The summed E-state index contributed by atoms with van der Waals surface area (Å²) in [6.07, 6.45) is 0. The van der Waals surface area contributed by atoms with Crippen molar-refractivity contribution in [2.45, 2.75) is 20.8 Å². The quantitative estimate of drug-likeness (QED) is 0.510. The molecule has 3 N–H and O–H groups in total. The Balaban J connectivity index is 3.50. The Labute approximate surface area is 77.2 Å². The first-order chi connectivity index (χ1) is 5.95. The molecular weight excluding hydrogens is 166 g/mol. The highest BCUT2D eigenvalue weighted by molar-refractivity contribution is 5.97. The van der Waals surface area contributed by atoms with Crippen LogP contribution >= 0.6 is 0 Å². The summed E-state index contributed by atoms with van der Waals surface area (Å²) in [4.78, 5) is 11.1. The van der Waals surface area contributed by atoms with Gasteiger partial charge in [0, 0.05) is 22.4 Å². The lowest BCUT2D eigenvalue weighted by molar-refractivity contribution is 0.101. The number of carbonyl (C=O) groups excluding carboxylic acids is 1. The summed E-state index contributed by atoms with van der Waals surface area (Å²) < 4.78 is 0. The van der Waals surface area contributed by atoms with Gasteiger partial charge in [0.1, 0.15) is 5.75 Å². The summed E-state index contributed by atoms with van der Waals surface area (Å²) >= 11 is 0. The molecule has 0 atom stereocenters. The fourth-order valence-corrected chi connectivity index (χ4v) is 1.28. The van der Waals surface area contributed by atoms with Gasteiger partial charge in [-0.3, -0.25) is 4.79 Å². The molecule has 0 bridgehead atoms. The molecule has 0 saturated carbocycles. The van der Waals surface area contributed by atoms with Crippen molar-refractivity contribution in [1.29, 1.82) is 0 Å². The minimum absolute atomic E-state index is 0.0838. The van der Waals surface area contributed by atoms with E-state index in [-0.39, 0.29) is 11.5 Å². The maximum atomic E-state index is 11.1. The summed E-state index contributed by atoms with van der Waals surface area (Å²) in [5, 5.41) is 9.58. The molecule has 0 amide bonds. The van der Waals surface area contributed by atoms with Crippen molar-refractivity contribution in [3.8, 4) is 5.75 Å². The molecule has 0 radical (unpaired) electrons. The molecule has 0 aromatic heterocycles. The molecule has 0 heterocycles. The number of anilines is 1. The first kappa shape index (κ1) is 9.58. The van der Waals surface area contributed by atoms with Crippen LogP contribution in [0.3, 0.4) is 0 Å². The van der Waals surface area contributed by atoms with Crippen LogP contribution in [0.25, 0.3) is 0 Å². The fourth-order valence-electron chi connectivity index (χ4n) is 1.28. The predicted octanol–water partition coefficient (Wildman–Crippen LogP) is 1.79.